The van der Waals surface area contributed by atoms with Gasteiger partial charge in [0.15, 0.2) is 5.79 Å². The summed E-state index contributed by atoms with van der Waals surface area (Å²) in [6.07, 6.45) is 4.22. The molecule has 1 amide bonds. The van der Waals surface area contributed by atoms with E-state index in [0.29, 0.717) is 19.9 Å². The number of halogens is 2. The number of para-hydroxylation sites is 1. The second-order valence-corrected chi connectivity index (χ2v) is 10.4. The third-order valence-corrected chi connectivity index (χ3v) is 8.36. The molecule has 202 valence electrons. The summed E-state index contributed by atoms with van der Waals surface area (Å²) >= 11 is 0. The number of likely N-dealkylation sites (tertiary alicyclic amines) is 1. The van der Waals surface area contributed by atoms with E-state index in [1.165, 1.54) is 12.1 Å². The van der Waals surface area contributed by atoms with Gasteiger partial charge in [0.2, 0.25) is 5.91 Å². The summed E-state index contributed by atoms with van der Waals surface area (Å²) in [4.78, 5) is 20.7. The van der Waals surface area contributed by atoms with Gasteiger partial charge in [0.05, 0.1) is 19.9 Å². The van der Waals surface area contributed by atoms with Gasteiger partial charge < -0.3 is 24.2 Å². The van der Waals surface area contributed by atoms with Gasteiger partial charge in [0, 0.05) is 36.8 Å². The lowest BCUT2D eigenvalue weighted by molar-refractivity contribution is -0.172. The van der Waals surface area contributed by atoms with Gasteiger partial charge in [-0.05, 0) is 63.4 Å². The first-order chi connectivity index (χ1) is 17.5. The average Bonchev–Trinajstić information content (AvgIpc) is 3.50. The summed E-state index contributed by atoms with van der Waals surface area (Å²) < 4.78 is 25.5. The summed E-state index contributed by atoms with van der Waals surface area (Å²) in [5, 5.41) is 0. The van der Waals surface area contributed by atoms with Gasteiger partial charge in [0.25, 0.3) is 0 Å². The van der Waals surface area contributed by atoms with E-state index in [1.54, 1.807) is 12.1 Å². The standard InChI is InChI=1S/C29H38FN3O3.ClH/c1-3-23(2)32-22-33(26-8-5-4-6-9-26)28(27(32)34)15-18-31(19-16-28)17-7-14-29(35-20-21-36-29)24-10-12-25(30)13-11-24;/h4-6,8-13,23H,3,7,14-22H2,1-2H3;1H. The predicted octanol–water partition coefficient (Wildman–Crippen LogP) is 5.17. The van der Waals surface area contributed by atoms with Gasteiger partial charge in [-0.2, -0.15) is 0 Å². The molecule has 1 unspecified atom stereocenters. The summed E-state index contributed by atoms with van der Waals surface area (Å²) in [7, 11) is 0. The van der Waals surface area contributed by atoms with Crippen LogP contribution >= 0.6 is 12.4 Å². The molecule has 2 aromatic rings. The Balaban J connectivity index is 0.00000320. The number of piperidine rings is 1. The molecule has 0 N–H and O–H groups in total. The lowest BCUT2D eigenvalue weighted by atomic mass is 9.85. The van der Waals surface area contributed by atoms with Gasteiger partial charge in [-0.1, -0.05) is 37.3 Å². The molecule has 3 saturated heterocycles. The summed E-state index contributed by atoms with van der Waals surface area (Å²) in [6, 6.07) is 17.1. The lowest BCUT2D eigenvalue weighted by Crippen LogP contribution is -2.56. The minimum absolute atomic E-state index is 0. The van der Waals surface area contributed by atoms with Gasteiger partial charge in [-0.25, -0.2) is 4.39 Å². The molecule has 0 bridgehead atoms. The zero-order chi connectivity index (χ0) is 25.2. The van der Waals surface area contributed by atoms with Crippen LogP contribution in [0.4, 0.5) is 10.1 Å². The lowest BCUT2D eigenvalue weighted by Gasteiger charge is -2.43. The zero-order valence-electron chi connectivity index (χ0n) is 21.9. The molecule has 2 aromatic carbocycles. The highest BCUT2D eigenvalue weighted by molar-refractivity contribution is 5.93. The fraction of sp³-hybridized carbons (Fsp3) is 0.552. The van der Waals surface area contributed by atoms with Gasteiger partial charge >= 0.3 is 0 Å². The Morgan fingerprint density at radius 1 is 1.00 bits per heavy atom. The molecule has 8 heteroatoms. The predicted molar refractivity (Wildman–Crippen MR) is 145 cm³/mol. The normalized spacial score (nSPS) is 21.9. The SMILES string of the molecule is CCC(C)N1CN(c2ccccc2)C2(CCN(CCCC3(c4ccc(F)cc4)OCCO3)CC2)C1=O.Cl. The van der Waals surface area contributed by atoms with E-state index >= 15 is 0 Å². The monoisotopic (exact) mass is 531 g/mol. The van der Waals surface area contributed by atoms with Crippen molar-refractivity contribution in [2.75, 3.05) is 44.4 Å². The van der Waals surface area contributed by atoms with E-state index in [4.69, 9.17) is 9.47 Å². The van der Waals surface area contributed by atoms with Gasteiger partial charge in [-0.15, -0.1) is 12.4 Å². The average molecular weight is 532 g/mol. The van der Waals surface area contributed by atoms with Crippen LogP contribution < -0.4 is 4.90 Å². The second kappa shape index (κ2) is 11.7. The molecule has 37 heavy (non-hydrogen) atoms. The van der Waals surface area contributed by atoms with E-state index < -0.39 is 11.3 Å². The number of benzene rings is 2. The van der Waals surface area contributed by atoms with E-state index in [0.717, 1.165) is 63.0 Å². The van der Waals surface area contributed by atoms with E-state index in [1.807, 2.05) is 6.07 Å². The highest BCUT2D eigenvalue weighted by Crippen LogP contribution is 2.41. The Morgan fingerprint density at radius 3 is 2.27 bits per heavy atom. The van der Waals surface area contributed by atoms with Crippen LogP contribution in [0.5, 0.6) is 0 Å². The number of carbonyl (C=O) groups excluding carboxylic acids is 1. The third-order valence-electron chi connectivity index (χ3n) is 8.36. The van der Waals surface area contributed by atoms with Crippen LogP contribution in [0.25, 0.3) is 0 Å². The van der Waals surface area contributed by atoms with Crippen molar-refractivity contribution in [3.8, 4) is 0 Å². The minimum Gasteiger partial charge on any atom is -0.343 e. The Morgan fingerprint density at radius 2 is 1.65 bits per heavy atom. The number of rotatable bonds is 8. The Bertz CT molecular complexity index is 1020. The van der Waals surface area contributed by atoms with Crippen molar-refractivity contribution in [3.05, 3.63) is 66.0 Å². The Kier molecular flexibility index (Phi) is 8.79. The number of hydrogen-bond acceptors (Lipinski definition) is 5. The third kappa shape index (κ3) is 5.37. The van der Waals surface area contributed by atoms with Crippen LogP contribution in [0.1, 0.15) is 51.5 Å². The molecule has 3 aliphatic rings. The van der Waals surface area contributed by atoms with Crippen molar-refractivity contribution >= 4 is 24.0 Å². The molecule has 0 saturated carbocycles. The molecular formula is C29H39ClFN3O3. The van der Waals surface area contributed by atoms with Gasteiger partial charge in [-0.3, -0.25) is 4.79 Å². The van der Waals surface area contributed by atoms with Crippen LogP contribution in [0, 0.1) is 5.82 Å². The fourth-order valence-corrected chi connectivity index (χ4v) is 6.01. The van der Waals surface area contributed by atoms with Crippen LogP contribution in [-0.2, 0) is 20.1 Å². The van der Waals surface area contributed by atoms with Crippen molar-refractivity contribution in [1.29, 1.82) is 0 Å². The van der Waals surface area contributed by atoms with Crippen LogP contribution in [0.2, 0.25) is 0 Å². The van der Waals surface area contributed by atoms with Crippen molar-refractivity contribution < 1.29 is 18.7 Å². The topological polar surface area (TPSA) is 45.2 Å². The summed E-state index contributed by atoms with van der Waals surface area (Å²) in [5.41, 5.74) is 1.54. The Labute approximate surface area is 226 Å². The van der Waals surface area contributed by atoms with Crippen LogP contribution in [0.3, 0.4) is 0 Å². The zero-order valence-corrected chi connectivity index (χ0v) is 22.7. The molecular weight excluding hydrogens is 493 g/mol. The molecule has 3 fully saturated rings. The number of hydrogen-bond donors (Lipinski definition) is 0. The molecule has 0 radical (unpaired) electrons. The van der Waals surface area contributed by atoms with Crippen molar-refractivity contribution in [3.63, 3.8) is 0 Å². The second-order valence-electron chi connectivity index (χ2n) is 10.4. The number of nitrogens with zero attached hydrogens (tertiary/aromatic N) is 3. The first-order valence-electron chi connectivity index (χ1n) is 13.4. The van der Waals surface area contributed by atoms with Crippen molar-refractivity contribution in [2.24, 2.45) is 0 Å². The minimum atomic E-state index is -0.785. The molecule has 0 aliphatic carbocycles. The molecule has 1 atom stereocenters. The van der Waals surface area contributed by atoms with Crippen molar-refractivity contribution in [2.45, 2.75) is 63.3 Å². The number of anilines is 1. The smallest absolute Gasteiger partial charge is 0.250 e. The number of amides is 1. The van der Waals surface area contributed by atoms with E-state index in [-0.39, 0.29) is 30.2 Å². The molecule has 3 aliphatic heterocycles. The maximum absolute atomic E-state index is 13.8. The quantitative estimate of drug-likeness (QED) is 0.470. The molecule has 5 rings (SSSR count). The molecule has 3 heterocycles. The number of carbonyl (C=O) groups is 1. The van der Waals surface area contributed by atoms with Crippen LogP contribution in [-0.4, -0.2) is 66.8 Å². The number of ether oxygens (including phenoxy) is 2. The molecule has 1 spiro atoms. The fourth-order valence-electron chi connectivity index (χ4n) is 6.01. The maximum atomic E-state index is 13.8. The largest absolute Gasteiger partial charge is 0.343 e. The first kappa shape index (κ1) is 27.8. The van der Waals surface area contributed by atoms with E-state index in [2.05, 4.69) is 52.8 Å². The molecule has 6 nitrogen and oxygen atoms in total. The molecule has 0 aromatic heterocycles. The van der Waals surface area contributed by atoms with Crippen molar-refractivity contribution in [1.82, 2.24) is 9.80 Å². The summed E-state index contributed by atoms with van der Waals surface area (Å²) in [6.45, 7) is 8.74. The van der Waals surface area contributed by atoms with E-state index in [9.17, 15) is 9.18 Å². The van der Waals surface area contributed by atoms with Crippen LogP contribution in [0.15, 0.2) is 54.6 Å². The maximum Gasteiger partial charge on any atom is 0.250 e. The highest BCUT2D eigenvalue weighted by Gasteiger charge is 2.54. The Hall–Kier alpha value is -2.19. The first-order valence-corrected chi connectivity index (χ1v) is 13.4. The highest BCUT2D eigenvalue weighted by atomic mass is 35.5. The van der Waals surface area contributed by atoms with Gasteiger partial charge in [0.1, 0.15) is 11.4 Å². The summed E-state index contributed by atoms with van der Waals surface area (Å²) in [5.74, 6) is -0.761.